The van der Waals surface area contributed by atoms with Crippen molar-refractivity contribution in [1.29, 1.82) is 0 Å². The van der Waals surface area contributed by atoms with Gasteiger partial charge in [0.15, 0.2) is 5.11 Å². The van der Waals surface area contributed by atoms with Crippen molar-refractivity contribution in [2.45, 2.75) is 18.6 Å². The maximum Gasteiger partial charge on any atom is 0.270 e. The van der Waals surface area contributed by atoms with Gasteiger partial charge in [-0.25, -0.2) is 0 Å². The number of hydrogen-bond acceptors (Lipinski definition) is 6. The summed E-state index contributed by atoms with van der Waals surface area (Å²) < 4.78 is 6.25. The fourth-order valence-corrected chi connectivity index (χ4v) is 4.31. The molecular weight excluding hydrogens is 438 g/mol. The SMILES string of the molecule is O=[N+]([O-])c1cccc(-c2ccc([C@H]3[C@@H](c4ccccn4)NC(=S)N3Cc3ccncc3)o2)c1. The van der Waals surface area contributed by atoms with E-state index in [0.717, 1.165) is 11.3 Å². The van der Waals surface area contributed by atoms with Gasteiger partial charge in [0.1, 0.15) is 17.6 Å². The second-order valence-corrected chi connectivity index (χ2v) is 8.01. The molecule has 8 nitrogen and oxygen atoms in total. The number of aromatic nitrogens is 2. The molecule has 1 aromatic carbocycles. The molecule has 33 heavy (non-hydrogen) atoms. The predicted octanol–water partition coefficient (Wildman–Crippen LogP) is 4.82. The highest BCUT2D eigenvalue weighted by Crippen LogP contribution is 2.41. The first-order valence-electron chi connectivity index (χ1n) is 10.3. The van der Waals surface area contributed by atoms with E-state index in [-0.39, 0.29) is 17.8 Å². The maximum atomic E-state index is 11.2. The molecule has 0 radical (unpaired) electrons. The molecule has 0 amide bonds. The number of nitrogens with zero attached hydrogens (tertiary/aromatic N) is 4. The Morgan fingerprint density at radius 3 is 2.67 bits per heavy atom. The molecule has 164 valence electrons. The van der Waals surface area contributed by atoms with Crippen LogP contribution in [-0.2, 0) is 6.54 Å². The van der Waals surface area contributed by atoms with Crippen LogP contribution in [0.25, 0.3) is 11.3 Å². The van der Waals surface area contributed by atoms with Crippen molar-refractivity contribution in [3.05, 3.63) is 112 Å². The molecule has 9 heteroatoms. The Hall–Kier alpha value is -4.11. The second kappa shape index (κ2) is 8.79. The number of rotatable bonds is 6. The molecule has 1 saturated heterocycles. The number of hydrogen-bond donors (Lipinski definition) is 1. The number of pyridine rings is 2. The number of thiocarbonyl (C=S) groups is 1. The molecule has 1 N–H and O–H groups in total. The van der Waals surface area contributed by atoms with E-state index in [9.17, 15) is 10.1 Å². The lowest BCUT2D eigenvalue weighted by molar-refractivity contribution is -0.384. The van der Waals surface area contributed by atoms with Gasteiger partial charge in [-0.2, -0.15) is 0 Å². The van der Waals surface area contributed by atoms with Gasteiger partial charge in [0.2, 0.25) is 0 Å². The normalized spacial score (nSPS) is 17.7. The van der Waals surface area contributed by atoms with Crippen molar-refractivity contribution in [2.75, 3.05) is 0 Å². The Kier molecular flexibility index (Phi) is 5.54. The average Bonchev–Trinajstić information content (AvgIpc) is 3.45. The van der Waals surface area contributed by atoms with E-state index < -0.39 is 4.92 Å². The number of nitrogens with one attached hydrogen (secondary N) is 1. The summed E-state index contributed by atoms with van der Waals surface area (Å²) in [5.41, 5.74) is 2.56. The summed E-state index contributed by atoms with van der Waals surface area (Å²) in [4.78, 5) is 21.5. The van der Waals surface area contributed by atoms with Crippen LogP contribution in [0.1, 0.15) is 29.1 Å². The number of nitro groups is 1. The third-order valence-corrected chi connectivity index (χ3v) is 5.91. The third-order valence-electron chi connectivity index (χ3n) is 5.56. The monoisotopic (exact) mass is 457 g/mol. The lowest BCUT2D eigenvalue weighted by Gasteiger charge is -2.26. The van der Waals surface area contributed by atoms with Gasteiger partial charge in [-0.05, 0) is 54.2 Å². The number of nitro benzene ring substituents is 1. The second-order valence-electron chi connectivity index (χ2n) is 7.62. The topological polar surface area (TPSA) is 97.3 Å². The van der Waals surface area contributed by atoms with Gasteiger partial charge in [-0.3, -0.25) is 20.1 Å². The van der Waals surface area contributed by atoms with Crippen LogP contribution >= 0.6 is 12.2 Å². The standard InChI is InChI=1S/C24H19N5O3S/c30-29(31)18-5-3-4-17(14-18)20-7-8-21(32-20)23-22(19-6-1-2-11-26-19)27-24(33)28(23)15-16-9-12-25-13-10-16/h1-14,22-23H,15H2,(H,27,33)/t22-,23+/m1/s1. The van der Waals surface area contributed by atoms with E-state index in [1.807, 2.05) is 42.5 Å². The summed E-state index contributed by atoms with van der Waals surface area (Å²) >= 11 is 5.69. The Balaban J connectivity index is 1.53. The smallest absolute Gasteiger partial charge is 0.270 e. The van der Waals surface area contributed by atoms with Crippen LogP contribution in [0.15, 0.2) is 89.7 Å². The molecule has 2 atom stereocenters. The van der Waals surface area contributed by atoms with Gasteiger partial charge in [0.05, 0.1) is 16.7 Å². The molecule has 1 fully saturated rings. The van der Waals surface area contributed by atoms with Crippen LogP contribution < -0.4 is 5.32 Å². The summed E-state index contributed by atoms with van der Waals surface area (Å²) in [6, 6.07) is 19.3. The highest BCUT2D eigenvalue weighted by molar-refractivity contribution is 7.80. The summed E-state index contributed by atoms with van der Waals surface area (Å²) in [6.07, 6.45) is 5.25. The number of benzene rings is 1. The van der Waals surface area contributed by atoms with Crippen molar-refractivity contribution >= 4 is 23.0 Å². The molecule has 0 bridgehead atoms. The molecular formula is C24H19N5O3S. The highest BCUT2D eigenvalue weighted by atomic mass is 32.1. The van der Waals surface area contributed by atoms with Gasteiger partial charge in [0, 0.05) is 42.8 Å². The Morgan fingerprint density at radius 1 is 1.06 bits per heavy atom. The molecule has 3 aromatic heterocycles. The molecule has 0 saturated carbocycles. The largest absolute Gasteiger partial charge is 0.459 e. The molecule has 4 heterocycles. The van der Waals surface area contributed by atoms with E-state index in [1.54, 1.807) is 30.7 Å². The summed E-state index contributed by atoms with van der Waals surface area (Å²) in [6.45, 7) is 0.565. The van der Waals surface area contributed by atoms with Crippen LogP contribution in [0.5, 0.6) is 0 Å². The molecule has 1 aliphatic heterocycles. The fraction of sp³-hybridized carbons (Fsp3) is 0.125. The van der Waals surface area contributed by atoms with Crippen LogP contribution in [0.4, 0.5) is 5.69 Å². The van der Waals surface area contributed by atoms with Gasteiger partial charge in [-0.15, -0.1) is 0 Å². The number of furan rings is 1. The van der Waals surface area contributed by atoms with Crippen molar-refractivity contribution in [3.8, 4) is 11.3 Å². The zero-order valence-corrected chi connectivity index (χ0v) is 18.2. The first kappa shape index (κ1) is 20.8. The third kappa shape index (κ3) is 4.18. The van der Waals surface area contributed by atoms with E-state index >= 15 is 0 Å². The Bertz CT molecular complexity index is 1300. The minimum absolute atomic E-state index is 0.0137. The van der Waals surface area contributed by atoms with Crippen molar-refractivity contribution in [3.63, 3.8) is 0 Å². The lowest BCUT2D eigenvalue weighted by Crippen LogP contribution is -2.29. The van der Waals surface area contributed by atoms with Gasteiger partial charge in [0.25, 0.3) is 5.69 Å². The minimum Gasteiger partial charge on any atom is -0.459 e. The summed E-state index contributed by atoms with van der Waals surface area (Å²) in [7, 11) is 0. The number of non-ortho nitro benzene ring substituents is 1. The average molecular weight is 458 g/mol. The zero-order chi connectivity index (χ0) is 22.8. The Morgan fingerprint density at radius 2 is 1.91 bits per heavy atom. The molecule has 1 aliphatic rings. The van der Waals surface area contributed by atoms with Crippen LogP contribution in [0, 0.1) is 10.1 Å². The first-order chi connectivity index (χ1) is 16.1. The first-order valence-corrected chi connectivity index (χ1v) is 10.7. The zero-order valence-electron chi connectivity index (χ0n) is 17.4. The lowest BCUT2D eigenvalue weighted by atomic mass is 10.0. The molecule has 0 spiro atoms. The van der Waals surface area contributed by atoms with E-state index in [2.05, 4.69) is 20.2 Å². The van der Waals surface area contributed by atoms with Gasteiger partial charge < -0.3 is 14.6 Å². The van der Waals surface area contributed by atoms with Crippen molar-refractivity contribution in [1.82, 2.24) is 20.2 Å². The molecule has 5 rings (SSSR count). The maximum absolute atomic E-state index is 11.2. The predicted molar refractivity (Wildman–Crippen MR) is 126 cm³/mol. The van der Waals surface area contributed by atoms with Gasteiger partial charge >= 0.3 is 0 Å². The fourth-order valence-electron chi connectivity index (χ4n) is 4.01. The van der Waals surface area contributed by atoms with Crippen LogP contribution in [0.3, 0.4) is 0 Å². The van der Waals surface area contributed by atoms with E-state index in [4.69, 9.17) is 16.6 Å². The van der Waals surface area contributed by atoms with Crippen molar-refractivity contribution < 1.29 is 9.34 Å². The van der Waals surface area contributed by atoms with E-state index in [1.165, 1.54) is 12.1 Å². The molecule has 0 aliphatic carbocycles. The van der Waals surface area contributed by atoms with E-state index in [0.29, 0.717) is 28.7 Å². The summed E-state index contributed by atoms with van der Waals surface area (Å²) in [5, 5.41) is 15.2. The van der Waals surface area contributed by atoms with Crippen LogP contribution in [-0.4, -0.2) is 24.9 Å². The summed E-state index contributed by atoms with van der Waals surface area (Å²) in [5.74, 6) is 1.24. The molecule has 4 aromatic rings. The van der Waals surface area contributed by atoms with Crippen molar-refractivity contribution in [2.24, 2.45) is 0 Å². The molecule has 0 unspecified atom stereocenters. The minimum atomic E-state index is -0.416. The van der Waals surface area contributed by atoms with Gasteiger partial charge in [-0.1, -0.05) is 18.2 Å². The quantitative estimate of drug-likeness (QED) is 0.250. The highest BCUT2D eigenvalue weighted by Gasteiger charge is 2.41. The Labute approximate surface area is 195 Å². The van der Waals surface area contributed by atoms with Crippen LogP contribution in [0.2, 0.25) is 0 Å².